The van der Waals surface area contributed by atoms with Crippen LogP contribution in [0.1, 0.15) is 11.6 Å². The fraction of sp³-hybridized carbons (Fsp3) is 0.312. The normalized spacial score (nSPS) is 12.1. The second-order valence-corrected chi connectivity index (χ2v) is 5.84. The summed E-state index contributed by atoms with van der Waals surface area (Å²) in [5.41, 5.74) is 2.19. The van der Waals surface area contributed by atoms with Gasteiger partial charge in [0.25, 0.3) is 0 Å². The summed E-state index contributed by atoms with van der Waals surface area (Å²) in [5.74, 6) is 0.000864. The molecule has 0 spiro atoms. The smallest absolute Gasteiger partial charge is 0.239 e. The molecule has 1 amide bonds. The van der Waals surface area contributed by atoms with E-state index >= 15 is 0 Å². The average Bonchev–Trinajstić information content (AvgIpc) is 3.00. The lowest BCUT2D eigenvalue weighted by Gasteiger charge is -2.24. The van der Waals surface area contributed by atoms with Crippen molar-refractivity contribution in [2.75, 3.05) is 32.5 Å². The molecule has 1 aromatic heterocycles. The molecule has 1 aromatic carbocycles. The van der Waals surface area contributed by atoms with Crippen LogP contribution in [0.25, 0.3) is 0 Å². The number of nitrogens with one attached hydrogen (secondary N) is 2. The minimum absolute atomic E-state index is 0.000864. The van der Waals surface area contributed by atoms with E-state index in [9.17, 15) is 4.79 Å². The van der Waals surface area contributed by atoms with Gasteiger partial charge in [-0.3, -0.25) is 4.79 Å². The quantitative estimate of drug-likeness (QED) is 0.826. The van der Waals surface area contributed by atoms with Crippen LogP contribution < -0.4 is 10.6 Å². The van der Waals surface area contributed by atoms with Gasteiger partial charge in [0.1, 0.15) is 0 Å². The van der Waals surface area contributed by atoms with Gasteiger partial charge in [-0.25, -0.2) is 0 Å². The van der Waals surface area contributed by atoms with Crippen molar-refractivity contribution in [1.29, 1.82) is 0 Å². The second kappa shape index (κ2) is 7.81. The van der Waals surface area contributed by atoms with Gasteiger partial charge in [-0.05, 0) is 48.6 Å². The van der Waals surface area contributed by atoms with Gasteiger partial charge in [0.15, 0.2) is 0 Å². The number of benzene rings is 1. The number of hydrogen-bond acceptors (Lipinski definition) is 4. The molecule has 4 nitrogen and oxygen atoms in total. The SMILES string of the molecule is CN(C)C(CNC(=O)CNc1ccccc1)c1ccsc1. The van der Waals surface area contributed by atoms with E-state index in [1.165, 1.54) is 5.56 Å². The van der Waals surface area contributed by atoms with Crippen molar-refractivity contribution >= 4 is 22.9 Å². The topological polar surface area (TPSA) is 44.4 Å². The number of likely N-dealkylation sites (N-methyl/N-ethyl adjacent to an activating group) is 1. The van der Waals surface area contributed by atoms with Crippen LogP contribution in [0.5, 0.6) is 0 Å². The minimum atomic E-state index is 0.000864. The number of nitrogens with zero attached hydrogens (tertiary/aromatic N) is 1. The molecule has 0 saturated carbocycles. The largest absolute Gasteiger partial charge is 0.376 e. The Labute approximate surface area is 129 Å². The van der Waals surface area contributed by atoms with Crippen LogP contribution >= 0.6 is 11.3 Å². The minimum Gasteiger partial charge on any atom is -0.376 e. The van der Waals surface area contributed by atoms with Crippen molar-refractivity contribution in [2.24, 2.45) is 0 Å². The zero-order valence-electron chi connectivity index (χ0n) is 12.4. The fourth-order valence-electron chi connectivity index (χ4n) is 2.07. The van der Waals surface area contributed by atoms with Crippen LogP contribution in [-0.4, -0.2) is 38.0 Å². The first kappa shape index (κ1) is 15.5. The summed E-state index contributed by atoms with van der Waals surface area (Å²) < 4.78 is 0. The van der Waals surface area contributed by atoms with Crippen LogP contribution in [-0.2, 0) is 4.79 Å². The number of rotatable bonds is 7. The maximum absolute atomic E-state index is 11.9. The first-order valence-electron chi connectivity index (χ1n) is 6.91. The molecule has 0 saturated heterocycles. The van der Waals surface area contributed by atoms with E-state index < -0.39 is 0 Å². The Hall–Kier alpha value is -1.85. The Kier molecular flexibility index (Phi) is 5.78. The van der Waals surface area contributed by atoms with E-state index in [1.807, 2.05) is 44.4 Å². The number of anilines is 1. The number of amides is 1. The Morgan fingerprint density at radius 1 is 1.24 bits per heavy atom. The van der Waals surface area contributed by atoms with Gasteiger partial charge in [0, 0.05) is 12.2 Å². The van der Waals surface area contributed by atoms with Crippen molar-refractivity contribution in [3.05, 3.63) is 52.7 Å². The predicted octanol–water partition coefficient (Wildman–Crippen LogP) is 2.58. The van der Waals surface area contributed by atoms with Crippen molar-refractivity contribution in [3.63, 3.8) is 0 Å². The Morgan fingerprint density at radius 2 is 2.00 bits per heavy atom. The highest BCUT2D eigenvalue weighted by Gasteiger charge is 2.15. The molecule has 0 aliphatic rings. The number of carbonyl (C=O) groups excluding carboxylic acids is 1. The van der Waals surface area contributed by atoms with E-state index in [0.29, 0.717) is 6.54 Å². The third kappa shape index (κ3) is 4.88. The summed E-state index contributed by atoms with van der Waals surface area (Å²) in [5, 5.41) is 10.3. The van der Waals surface area contributed by atoms with Crippen molar-refractivity contribution in [2.45, 2.75) is 6.04 Å². The van der Waals surface area contributed by atoms with Gasteiger partial charge in [0.2, 0.25) is 5.91 Å². The molecule has 1 atom stereocenters. The standard InChI is InChI=1S/C16H21N3OS/c1-19(2)15(13-8-9-21-12-13)10-18-16(20)11-17-14-6-4-3-5-7-14/h3-9,12,15,17H,10-11H2,1-2H3,(H,18,20). The lowest BCUT2D eigenvalue weighted by Crippen LogP contribution is -2.37. The number of thiophene rings is 1. The van der Waals surface area contributed by atoms with E-state index in [-0.39, 0.29) is 18.5 Å². The monoisotopic (exact) mass is 303 g/mol. The van der Waals surface area contributed by atoms with Crippen LogP contribution in [0, 0.1) is 0 Å². The fourth-order valence-corrected chi connectivity index (χ4v) is 2.78. The average molecular weight is 303 g/mol. The highest BCUT2D eigenvalue weighted by Crippen LogP contribution is 2.19. The van der Waals surface area contributed by atoms with Crippen molar-refractivity contribution in [3.8, 4) is 0 Å². The van der Waals surface area contributed by atoms with E-state index in [2.05, 4.69) is 32.4 Å². The zero-order valence-corrected chi connectivity index (χ0v) is 13.2. The van der Waals surface area contributed by atoms with Gasteiger partial charge < -0.3 is 15.5 Å². The highest BCUT2D eigenvalue weighted by atomic mass is 32.1. The molecule has 1 unspecified atom stereocenters. The first-order chi connectivity index (χ1) is 10.2. The molecule has 0 aliphatic heterocycles. The maximum Gasteiger partial charge on any atom is 0.239 e. The predicted molar refractivity (Wildman–Crippen MR) is 88.7 cm³/mol. The van der Waals surface area contributed by atoms with E-state index in [0.717, 1.165) is 5.69 Å². The molecule has 21 heavy (non-hydrogen) atoms. The van der Waals surface area contributed by atoms with E-state index in [1.54, 1.807) is 11.3 Å². The summed E-state index contributed by atoms with van der Waals surface area (Å²) in [7, 11) is 4.05. The Balaban J connectivity index is 1.80. The van der Waals surface area contributed by atoms with Gasteiger partial charge in [-0.1, -0.05) is 18.2 Å². The molecule has 2 aromatic rings. The molecule has 5 heteroatoms. The Bertz CT molecular complexity index is 540. The lowest BCUT2D eigenvalue weighted by molar-refractivity contribution is -0.119. The molecular weight excluding hydrogens is 282 g/mol. The van der Waals surface area contributed by atoms with Gasteiger partial charge in [-0.2, -0.15) is 11.3 Å². The third-order valence-electron chi connectivity index (χ3n) is 3.27. The van der Waals surface area contributed by atoms with E-state index in [4.69, 9.17) is 0 Å². The lowest BCUT2D eigenvalue weighted by atomic mass is 10.1. The van der Waals surface area contributed by atoms with Crippen molar-refractivity contribution < 1.29 is 4.79 Å². The Morgan fingerprint density at radius 3 is 2.62 bits per heavy atom. The summed E-state index contributed by atoms with van der Waals surface area (Å²) in [6.07, 6.45) is 0. The second-order valence-electron chi connectivity index (χ2n) is 5.06. The number of para-hydroxylation sites is 1. The summed E-state index contributed by atoms with van der Waals surface area (Å²) in [4.78, 5) is 14.0. The molecule has 112 valence electrons. The molecule has 0 radical (unpaired) electrons. The molecule has 2 rings (SSSR count). The number of hydrogen-bond donors (Lipinski definition) is 2. The summed E-state index contributed by atoms with van der Waals surface area (Å²) >= 11 is 1.68. The van der Waals surface area contributed by atoms with Gasteiger partial charge >= 0.3 is 0 Å². The zero-order chi connectivity index (χ0) is 15.1. The molecular formula is C16H21N3OS. The maximum atomic E-state index is 11.9. The molecule has 0 fully saturated rings. The highest BCUT2D eigenvalue weighted by molar-refractivity contribution is 7.07. The molecule has 1 heterocycles. The van der Waals surface area contributed by atoms with Crippen LogP contribution in [0.15, 0.2) is 47.2 Å². The summed E-state index contributed by atoms with van der Waals surface area (Å²) in [6.45, 7) is 0.896. The summed E-state index contributed by atoms with van der Waals surface area (Å²) in [6, 6.07) is 12.0. The molecule has 0 aliphatic carbocycles. The van der Waals surface area contributed by atoms with Crippen LogP contribution in [0.2, 0.25) is 0 Å². The van der Waals surface area contributed by atoms with Crippen LogP contribution in [0.4, 0.5) is 5.69 Å². The number of carbonyl (C=O) groups is 1. The van der Waals surface area contributed by atoms with Gasteiger partial charge in [0.05, 0.1) is 12.6 Å². The van der Waals surface area contributed by atoms with Crippen LogP contribution in [0.3, 0.4) is 0 Å². The molecule has 0 bridgehead atoms. The first-order valence-corrected chi connectivity index (χ1v) is 7.85. The van der Waals surface area contributed by atoms with Gasteiger partial charge in [-0.15, -0.1) is 0 Å². The third-order valence-corrected chi connectivity index (χ3v) is 3.97. The molecule has 2 N–H and O–H groups in total. The van der Waals surface area contributed by atoms with Crippen molar-refractivity contribution in [1.82, 2.24) is 10.2 Å².